The van der Waals surface area contributed by atoms with Gasteiger partial charge in [0, 0.05) is 5.02 Å². The molecule has 3 heteroatoms. The van der Waals surface area contributed by atoms with Gasteiger partial charge >= 0.3 is 0 Å². The summed E-state index contributed by atoms with van der Waals surface area (Å²) in [6.07, 6.45) is 1.62. The summed E-state index contributed by atoms with van der Waals surface area (Å²) in [7, 11) is 1.64. The van der Waals surface area contributed by atoms with Crippen LogP contribution in [0.4, 0.5) is 0 Å². The number of carbonyl (C=O) groups is 1. The summed E-state index contributed by atoms with van der Waals surface area (Å²) in [6.45, 7) is 1.93. The molecule has 0 fully saturated rings. The summed E-state index contributed by atoms with van der Waals surface area (Å²) < 4.78 is 5.22. The smallest absolute Gasteiger partial charge is 0.130 e. The van der Waals surface area contributed by atoms with Crippen molar-refractivity contribution in [2.24, 2.45) is 0 Å². The molecule has 0 amide bonds. The van der Waals surface area contributed by atoms with Crippen LogP contribution in [-0.2, 0) is 16.6 Å². The zero-order chi connectivity index (χ0) is 14.6. The highest BCUT2D eigenvalue weighted by Gasteiger charge is 2.26. The molecule has 0 aliphatic carbocycles. The predicted molar refractivity (Wildman–Crippen MR) is 81.6 cm³/mol. The number of methoxy groups -OCH3 is 1. The number of benzene rings is 2. The van der Waals surface area contributed by atoms with Gasteiger partial charge in [-0.1, -0.05) is 35.9 Å². The third-order valence-corrected chi connectivity index (χ3v) is 3.72. The molecule has 0 saturated heterocycles. The first-order chi connectivity index (χ1) is 9.57. The van der Waals surface area contributed by atoms with E-state index in [9.17, 15) is 4.79 Å². The minimum atomic E-state index is -0.572. The third-order valence-electron chi connectivity index (χ3n) is 3.47. The van der Waals surface area contributed by atoms with Crippen LogP contribution in [0.2, 0.25) is 5.02 Å². The monoisotopic (exact) mass is 288 g/mol. The van der Waals surface area contributed by atoms with Crippen LogP contribution < -0.4 is 4.74 Å². The van der Waals surface area contributed by atoms with Crippen molar-refractivity contribution in [3.8, 4) is 5.75 Å². The van der Waals surface area contributed by atoms with Gasteiger partial charge in [0.1, 0.15) is 12.0 Å². The first kappa shape index (κ1) is 14.6. The summed E-state index contributed by atoms with van der Waals surface area (Å²) in [4.78, 5) is 11.6. The molecule has 0 heterocycles. The van der Waals surface area contributed by atoms with Crippen molar-refractivity contribution in [3.05, 3.63) is 64.7 Å². The van der Waals surface area contributed by atoms with Crippen molar-refractivity contribution in [3.63, 3.8) is 0 Å². The number of carbonyl (C=O) groups excluding carboxylic acids is 1. The summed E-state index contributed by atoms with van der Waals surface area (Å²) in [6, 6.07) is 15.2. The van der Waals surface area contributed by atoms with Crippen LogP contribution in [0.3, 0.4) is 0 Å². The molecule has 1 unspecified atom stereocenters. The van der Waals surface area contributed by atoms with Crippen molar-refractivity contribution in [2.45, 2.75) is 18.8 Å². The highest BCUT2D eigenvalue weighted by molar-refractivity contribution is 6.30. The van der Waals surface area contributed by atoms with Crippen LogP contribution in [0.5, 0.6) is 5.75 Å². The second-order valence-corrected chi connectivity index (χ2v) is 5.51. The topological polar surface area (TPSA) is 26.3 Å². The Kier molecular flexibility index (Phi) is 4.46. The van der Waals surface area contributed by atoms with Crippen molar-refractivity contribution in [2.75, 3.05) is 7.11 Å². The Bertz CT molecular complexity index is 592. The quantitative estimate of drug-likeness (QED) is 0.776. The Hall–Kier alpha value is -1.80. The molecule has 20 heavy (non-hydrogen) atoms. The highest BCUT2D eigenvalue weighted by Crippen LogP contribution is 2.28. The molecule has 2 rings (SSSR count). The van der Waals surface area contributed by atoms with Crippen LogP contribution in [0, 0.1) is 0 Å². The molecular weight excluding hydrogens is 272 g/mol. The van der Waals surface area contributed by atoms with E-state index >= 15 is 0 Å². The van der Waals surface area contributed by atoms with Crippen molar-refractivity contribution >= 4 is 17.9 Å². The largest absolute Gasteiger partial charge is 0.497 e. The lowest BCUT2D eigenvalue weighted by Gasteiger charge is -2.24. The van der Waals surface area contributed by atoms with Gasteiger partial charge in [0.2, 0.25) is 0 Å². The van der Waals surface area contributed by atoms with Gasteiger partial charge in [-0.15, -0.1) is 0 Å². The number of aldehydes is 1. The summed E-state index contributed by atoms with van der Waals surface area (Å²) in [5.41, 5.74) is 1.45. The first-order valence-corrected chi connectivity index (χ1v) is 6.80. The standard InChI is InChI=1S/C17H17ClO2/c1-17(12-19,14-6-8-15(18)9-7-14)11-13-4-3-5-16(10-13)20-2/h3-10,12H,11H2,1-2H3. The Morgan fingerprint density at radius 1 is 1.20 bits per heavy atom. The maximum absolute atomic E-state index is 11.6. The van der Waals surface area contributed by atoms with Gasteiger partial charge in [0.05, 0.1) is 12.5 Å². The fourth-order valence-electron chi connectivity index (χ4n) is 2.25. The summed E-state index contributed by atoms with van der Waals surface area (Å²) >= 11 is 5.90. The minimum absolute atomic E-state index is 0.572. The fourth-order valence-corrected chi connectivity index (χ4v) is 2.37. The first-order valence-electron chi connectivity index (χ1n) is 6.43. The van der Waals surface area contributed by atoms with E-state index in [1.807, 2.05) is 55.5 Å². The molecule has 0 N–H and O–H groups in total. The van der Waals surface area contributed by atoms with Gasteiger partial charge in [-0.05, 0) is 48.7 Å². The van der Waals surface area contributed by atoms with E-state index < -0.39 is 5.41 Å². The summed E-state index contributed by atoms with van der Waals surface area (Å²) in [5, 5.41) is 0.670. The van der Waals surface area contributed by atoms with Crippen LogP contribution in [-0.4, -0.2) is 13.4 Å². The average Bonchev–Trinajstić information content (AvgIpc) is 2.48. The number of hydrogen-bond donors (Lipinski definition) is 0. The van der Waals surface area contributed by atoms with Gasteiger partial charge in [-0.2, -0.15) is 0 Å². The molecule has 0 saturated carbocycles. The molecule has 0 aliphatic heterocycles. The SMILES string of the molecule is COc1cccc(CC(C)(C=O)c2ccc(Cl)cc2)c1. The van der Waals surface area contributed by atoms with Gasteiger partial charge < -0.3 is 9.53 Å². The Labute approximate surface area is 124 Å². The molecule has 0 aliphatic rings. The van der Waals surface area contributed by atoms with Gasteiger partial charge in [-0.3, -0.25) is 0 Å². The molecule has 2 nitrogen and oxygen atoms in total. The van der Waals surface area contributed by atoms with Crippen LogP contribution in [0.1, 0.15) is 18.1 Å². The van der Waals surface area contributed by atoms with E-state index in [1.165, 1.54) is 0 Å². The highest BCUT2D eigenvalue weighted by atomic mass is 35.5. The number of ether oxygens (including phenoxy) is 1. The molecule has 0 spiro atoms. The van der Waals surface area contributed by atoms with E-state index in [0.717, 1.165) is 23.2 Å². The molecule has 104 valence electrons. The summed E-state index contributed by atoms with van der Waals surface area (Å²) in [5.74, 6) is 0.798. The molecular formula is C17H17ClO2. The molecule has 2 aromatic carbocycles. The maximum atomic E-state index is 11.6. The van der Waals surface area contributed by atoms with Gasteiger partial charge in [-0.25, -0.2) is 0 Å². The van der Waals surface area contributed by atoms with Gasteiger partial charge in [0.15, 0.2) is 0 Å². The van der Waals surface area contributed by atoms with Crippen LogP contribution >= 0.6 is 11.6 Å². The Balaban J connectivity index is 2.31. The lowest BCUT2D eigenvalue weighted by atomic mass is 9.78. The molecule has 2 aromatic rings. The lowest BCUT2D eigenvalue weighted by molar-refractivity contribution is -0.112. The second-order valence-electron chi connectivity index (χ2n) is 5.07. The molecule has 1 atom stereocenters. The van der Waals surface area contributed by atoms with Crippen LogP contribution in [0.25, 0.3) is 0 Å². The lowest BCUT2D eigenvalue weighted by Crippen LogP contribution is -2.26. The van der Waals surface area contributed by atoms with Crippen molar-refractivity contribution < 1.29 is 9.53 Å². The fraction of sp³-hybridized carbons (Fsp3) is 0.235. The number of halogens is 1. The Morgan fingerprint density at radius 2 is 1.90 bits per heavy atom. The zero-order valence-corrected chi connectivity index (χ0v) is 12.4. The second kappa shape index (κ2) is 6.10. The van der Waals surface area contributed by atoms with Gasteiger partial charge in [0.25, 0.3) is 0 Å². The number of hydrogen-bond acceptors (Lipinski definition) is 2. The van der Waals surface area contributed by atoms with Crippen molar-refractivity contribution in [1.29, 1.82) is 0 Å². The average molecular weight is 289 g/mol. The minimum Gasteiger partial charge on any atom is -0.497 e. The number of rotatable bonds is 5. The van der Waals surface area contributed by atoms with E-state index in [0.29, 0.717) is 11.4 Å². The molecule has 0 bridgehead atoms. The van der Waals surface area contributed by atoms with E-state index in [-0.39, 0.29) is 0 Å². The predicted octanol–water partition coefficient (Wildman–Crippen LogP) is 4.05. The maximum Gasteiger partial charge on any atom is 0.130 e. The third kappa shape index (κ3) is 3.20. The van der Waals surface area contributed by atoms with Crippen molar-refractivity contribution in [1.82, 2.24) is 0 Å². The van der Waals surface area contributed by atoms with E-state index in [4.69, 9.17) is 16.3 Å². The van der Waals surface area contributed by atoms with E-state index in [1.54, 1.807) is 7.11 Å². The normalized spacial score (nSPS) is 13.6. The molecule has 0 aromatic heterocycles. The zero-order valence-electron chi connectivity index (χ0n) is 11.6. The van der Waals surface area contributed by atoms with Crippen LogP contribution in [0.15, 0.2) is 48.5 Å². The molecule has 0 radical (unpaired) electrons. The van der Waals surface area contributed by atoms with E-state index in [2.05, 4.69) is 0 Å². The Morgan fingerprint density at radius 3 is 2.50 bits per heavy atom.